The summed E-state index contributed by atoms with van der Waals surface area (Å²) in [5.41, 5.74) is 2.80. The fourth-order valence-corrected chi connectivity index (χ4v) is 3.91. The largest absolute Gasteiger partial charge is 0.416 e. The number of carbonyl (C=O) groups excluding carboxylic acids is 1. The normalized spacial score (nSPS) is 12.6. The fourth-order valence-electron chi connectivity index (χ4n) is 3.91. The smallest absolute Gasteiger partial charge is 0.369 e. The number of anilines is 4. The van der Waals surface area contributed by atoms with Crippen molar-refractivity contribution in [1.82, 2.24) is 15.0 Å². The Morgan fingerprint density at radius 1 is 1.03 bits per heavy atom. The zero-order valence-corrected chi connectivity index (χ0v) is 19.1. The van der Waals surface area contributed by atoms with E-state index in [4.69, 9.17) is 4.98 Å². The molecule has 2 aromatic heterocycles. The highest BCUT2D eigenvalue weighted by atomic mass is 19.4. The van der Waals surface area contributed by atoms with E-state index < -0.39 is 17.6 Å². The highest BCUT2D eigenvalue weighted by Crippen LogP contribution is 2.33. The Labute approximate surface area is 204 Å². The van der Waals surface area contributed by atoms with Crippen LogP contribution in [0.2, 0.25) is 0 Å². The first-order chi connectivity index (χ1) is 17.3. The topological polar surface area (TPSA) is 91.8 Å². The molecule has 0 saturated heterocycles. The number of carbonyl (C=O) groups is 1. The molecule has 0 atom stereocenters. The van der Waals surface area contributed by atoms with E-state index in [1.807, 2.05) is 19.1 Å². The maximum absolute atomic E-state index is 13.0. The third-order valence-electron chi connectivity index (χ3n) is 5.81. The number of rotatable bonds is 5. The Kier molecular flexibility index (Phi) is 6.01. The molecule has 0 bridgehead atoms. The number of pyridine rings is 1. The molecule has 0 saturated carbocycles. The Hall–Kier alpha value is -4.47. The van der Waals surface area contributed by atoms with E-state index in [0.717, 1.165) is 47.6 Å². The molecule has 3 heterocycles. The summed E-state index contributed by atoms with van der Waals surface area (Å²) in [5, 5.41) is 9.15. The lowest BCUT2D eigenvalue weighted by molar-refractivity contribution is -0.137. The first-order valence-corrected chi connectivity index (χ1v) is 11.2. The third-order valence-corrected chi connectivity index (χ3v) is 5.81. The van der Waals surface area contributed by atoms with Gasteiger partial charge in [0.2, 0.25) is 0 Å². The van der Waals surface area contributed by atoms with Gasteiger partial charge in [0.25, 0.3) is 5.91 Å². The van der Waals surface area contributed by atoms with Crippen molar-refractivity contribution in [2.24, 2.45) is 0 Å². The maximum Gasteiger partial charge on any atom is 0.416 e. The highest BCUT2D eigenvalue weighted by Gasteiger charge is 2.30. The zero-order chi connectivity index (χ0) is 25.3. The quantitative estimate of drug-likeness (QED) is 0.326. The van der Waals surface area contributed by atoms with E-state index in [2.05, 4.69) is 25.9 Å². The standard InChI is InChI=1S/C26H21F3N6O/c1-15-5-6-17(25(36)32-19-4-2-3-18(14-19)26(27,28)29)13-21(15)33-24-20-9-12-31-23(20)34-22(35-24)16-7-10-30-11-8-16/h2-8,10-11,13-14H,9,12H2,1H3,(H,32,36)(H2,31,33,34,35). The van der Waals surface area contributed by atoms with Gasteiger partial charge in [-0.15, -0.1) is 0 Å². The van der Waals surface area contributed by atoms with Gasteiger partial charge in [-0.3, -0.25) is 9.78 Å². The van der Waals surface area contributed by atoms with Crippen LogP contribution in [-0.2, 0) is 12.6 Å². The van der Waals surface area contributed by atoms with Crippen molar-refractivity contribution in [1.29, 1.82) is 0 Å². The number of amides is 1. The van der Waals surface area contributed by atoms with Gasteiger partial charge in [-0.2, -0.15) is 13.2 Å². The minimum absolute atomic E-state index is 0.0617. The molecular weight excluding hydrogens is 469 g/mol. The van der Waals surface area contributed by atoms with Crippen LogP contribution in [0.3, 0.4) is 0 Å². The molecule has 0 spiro atoms. The van der Waals surface area contributed by atoms with Gasteiger partial charge < -0.3 is 16.0 Å². The molecule has 1 aliphatic rings. The summed E-state index contributed by atoms with van der Waals surface area (Å²) in [7, 11) is 0. The highest BCUT2D eigenvalue weighted by molar-refractivity contribution is 6.05. The molecule has 2 aromatic carbocycles. The van der Waals surface area contributed by atoms with Gasteiger partial charge in [0.05, 0.1) is 5.56 Å². The Balaban J connectivity index is 1.43. The summed E-state index contributed by atoms with van der Waals surface area (Å²) in [5.74, 6) is 1.37. The molecule has 3 N–H and O–H groups in total. The minimum atomic E-state index is -4.50. The molecular formula is C26H21F3N6O. The molecule has 182 valence electrons. The van der Waals surface area contributed by atoms with Crippen LogP contribution in [0.15, 0.2) is 67.0 Å². The summed E-state index contributed by atoms with van der Waals surface area (Å²) in [4.78, 5) is 26.3. The average Bonchev–Trinajstić information content (AvgIpc) is 3.35. The van der Waals surface area contributed by atoms with Gasteiger partial charge >= 0.3 is 6.18 Å². The average molecular weight is 490 g/mol. The van der Waals surface area contributed by atoms with E-state index >= 15 is 0 Å². The third kappa shape index (κ3) is 4.83. The monoisotopic (exact) mass is 490 g/mol. The van der Waals surface area contributed by atoms with Crippen molar-refractivity contribution in [3.05, 3.63) is 89.2 Å². The number of hydrogen-bond donors (Lipinski definition) is 3. The number of nitrogens with one attached hydrogen (secondary N) is 3. The number of aryl methyl sites for hydroxylation is 1. The number of benzene rings is 2. The van der Waals surface area contributed by atoms with Crippen molar-refractivity contribution >= 4 is 28.9 Å². The van der Waals surface area contributed by atoms with Crippen LogP contribution >= 0.6 is 0 Å². The number of nitrogens with zero attached hydrogens (tertiary/aromatic N) is 3. The first-order valence-electron chi connectivity index (χ1n) is 11.2. The Morgan fingerprint density at radius 2 is 1.83 bits per heavy atom. The second-order valence-electron chi connectivity index (χ2n) is 8.32. The van der Waals surface area contributed by atoms with Gasteiger partial charge in [-0.25, -0.2) is 9.97 Å². The molecule has 36 heavy (non-hydrogen) atoms. The van der Waals surface area contributed by atoms with Crippen LogP contribution in [0.25, 0.3) is 11.4 Å². The molecule has 10 heteroatoms. The Bertz CT molecular complexity index is 1440. The molecule has 5 rings (SSSR count). The fraction of sp³-hybridized carbons (Fsp3) is 0.154. The predicted octanol–water partition coefficient (Wildman–Crippen LogP) is 5.83. The van der Waals surface area contributed by atoms with Crippen LogP contribution in [0, 0.1) is 6.92 Å². The molecule has 4 aromatic rings. The first kappa shape index (κ1) is 23.3. The second kappa shape index (κ2) is 9.29. The van der Waals surface area contributed by atoms with Crippen LogP contribution in [0.5, 0.6) is 0 Å². The van der Waals surface area contributed by atoms with Crippen molar-refractivity contribution < 1.29 is 18.0 Å². The van der Waals surface area contributed by atoms with Crippen molar-refractivity contribution in [3.63, 3.8) is 0 Å². The number of hydrogen-bond acceptors (Lipinski definition) is 6. The van der Waals surface area contributed by atoms with Crippen LogP contribution < -0.4 is 16.0 Å². The molecule has 1 amide bonds. The maximum atomic E-state index is 13.0. The number of aromatic nitrogens is 3. The van der Waals surface area contributed by atoms with Gasteiger partial charge in [0.15, 0.2) is 5.82 Å². The lowest BCUT2D eigenvalue weighted by Crippen LogP contribution is -2.14. The van der Waals surface area contributed by atoms with Gasteiger partial charge in [0, 0.05) is 47.0 Å². The van der Waals surface area contributed by atoms with Crippen molar-refractivity contribution in [2.75, 3.05) is 22.5 Å². The summed E-state index contributed by atoms with van der Waals surface area (Å²) in [6, 6.07) is 13.2. The van der Waals surface area contributed by atoms with E-state index in [9.17, 15) is 18.0 Å². The van der Waals surface area contributed by atoms with Gasteiger partial charge in [0.1, 0.15) is 11.6 Å². The van der Waals surface area contributed by atoms with Gasteiger partial charge in [-0.1, -0.05) is 12.1 Å². The zero-order valence-electron chi connectivity index (χ0n) is 19.1. The summed E-state index contributed by atoms with van der Waals surface area (Å²) in [6.07, 6.45) is -0.418. The molecule has 0 unspecified atom stereocenters. The van der Waals surface area contributed by atoms with E-state index in [0.29, 0.717) is 22.9 Å². The van der Waals surface area contributed by atoms with E-state index in [-0.39, 0.29) is 5.69 Å². The van der Waals surface area contributed by atoms with Crippen LogP contribution in [-0.4, -0.2) is 27.4 Å². The summed E-state index contributed by atoms with van der Waals surface area (Å²) in [6.45, 7) is 2.62. The van der Waals surface area contributed by atoms with Crippen LogP contribution in [0.1, 0.15) is 27.0 Å². The number of alkyl halides is 3. The predicted molar refractivity (Wildman–Crippen MR) is 131 cm³/mol. The summed E-state index contributed by atoms with van der Waals surface area (Å²) < 4.78 is 39.1. The lowest BCUT2D eigenvalue weighted by Gasteiger charge is -2.15. The molecule has 0 fully saturated rings. The van der Waals surface area contributed by atoms with Crippen LogP contribution in [0.4, 0.5) is 36.2 Å². The van der Waals surface area contributed by atoms with Crippen molar-refractivity contribution in [3.8, 4) is 11.4 Å². The van der Waals surface area contributed by atoms with Crippen molar-refractivity contribution in [2.45, 2.75) is 19.5 Å². The lowest BCUT2D eigenvalue weighted by atomic mass is 10.1. The SMILES string of the molecule is Cc1ccc(C(=O)Nc2cccc(C(F)(F)F)c2)cc1Nc1nc(-c2ccncc2)nc2c1CCN2. The molecule has 1 aliphatic heterocycles. The number of fused-ring (bicyclic) bond motifs is 1. The molecule has 7 nitrogen and oxygen atoms in total. The summed E-state index contributed by atoms with van der Waals surface area (Å²) >= 11 is 0. The molecule has 0 radical (unpaired) electrons. The minimum Gasteiger partial charge on any atom is -0.369 e. The Morgan fingerprint density at radius 3 is 2.61 bits per heavy atom. The van der Waals surface area contributed by atoms with Gasteiger partial charge in [-0.05, 0) is 61.4 Å². The second-order valence-corrected chi connectivity index (χ2v) is 8.32. The molecule has 0 aliphatic carbocycles. The van der Waals surface area contributed by atoms with E-state index in [1.165, 1.54) is 12.1 Å². The van der Waals surface area contributed by atoms with E-state index in [1.54, 1.807) is 30.6 Å². The number of halogens is 3.